The second-order valence-electron chi connectivity index (χ2n) is 1.32. The van der Waals surface area contributed by atoms with E-state index in [1.807, 2.05) is 28.8 Å². The van der Waals surface area contributed by atoms with Gasteiger partial charge in [0.15, 0.2) is 6.55 Å². The number of nitriles is 1. The van der Waals surface area contributed by atoms with Crippen LogP contribution in [0, 0.1) is 11.3 Å². The molecule has 0 aromatic rings. The third-order valence-corrected chi connectivity index (χ3v) is 7.39. The molecular formula is C4H6NOPS2. The van der Waals surface area contributed by atoms with E-state index in [-0.39, 0.29) is 13.2 Å². The average molecular weight is 179 g/mol. The van der Waals surface area contributed by atoms with Crippen LogP contribution in [0.1, 0.15) is 0 Å². The highest BCUT2D eigenvalue weighted by atomic mass is 33.1. The van der Waals surface area contributed by atoms with Crippen LogP contribution in [-0.2, 0) is 4.52 Å². The summed E-state index contributed by atoms with van der Waals surface area (Å²) in [6.45, 7) is -0.0845. The van der Waals surface area contributed by atoms with E-state index < -0.39 is 0 Å². The summed E-state index contributed by atoms with van der Waals surface area (Å²) >= 11 is 3.67. The van der Waals surface area contributed by atoms with Gasteiger partial charge in [-0.1, -0.05) is 22.8 Å². The molecule has 1 saturated heterocycles. The quantitative estimate of drug-likeness (QED) is 0.608. The summed E-state index contributed by atoms with van der Waals surface area (Å²) in [6.07, 6.45) is 0. The van der Waals surface area contributed by atoms with Crippen LogP contribution in [0.3, 0.4) is 0 Å². The highest BCUT2D eigenvalue weighted by Gasteiger charge is 2.16. The minimum Gasteiger partial charge on any atom is -0.324 e. The molecule has 50 valence electrons. The van der Waals surface area contributed by atoms with Crippen LogP contribution in [0.25, 0.3) is 0 Å². The highest BCUT2D eigenvalue weighted by Crippen LogP contribution is 2.66. The summed E-state index contributed by atoms with van der Waals surface area (Å²) in [5.74, 6) is 2.36. The van der Waals surface area contributed by atoms with Gasteiger partial charge in [-0.15, -0.1) is 0 Å². The van der Waals surface area contributed by atoms with E-state index in [4.69, 9.17) is 9.79 Å². The lowest BCUT2D eigenvalue weighted by molar-refractivity contribution is 0.427. The lowest BCUT2D eigenvalue weighted by Crippen LogP contribution is -1.76. The molecule has 1 rings (SSSR count). The summed E-state index contributed by atoms with van der Waals surface area (Å²) in [7, 11) is 0. The maximum atomic E-state index is 8.14. The van der Waals surface area contributed by atoms with E-state index in [1.54, 1.807) is 0 Å². The summed E-state index contributed by atoms with van der Waals surface area (Å²) in [5, 5.41) is 8.14. The highest BCUT2D eigenvalue weighted by molar-refractivity contribution is 8.88. The summed E-state index contributed by atoms with van der Waals surface area (Å²) in [5.41, 5.74) is 0. The number of hydrogen-bond acceptors (Lipinski definition) is 4. The van der Waals surface area contributed by atoms with Gasteiger partial charge >= 0.3 is 0 Å². The van der Waals surface area contributed by atoms with Crippen LogP contribution in [-0.4, -0.2) is 18.1 Å². The van der Waals surface area contributed by atoms with Crippen molar-refractivity contribution in [3.05, 3.63) is 0 Å². The molecule has 0 saturated carbocycles. The van der Waals surface area contributed by atoms with Crippen molar-refractivity contribution >= 4 is 29.3 Å². The maximum Gasteiger partial charge on any atom is 0.152 e. The predicted molar refractivity (Wildman–Crippen MR) is 43.4 cm³/mol. The normalized spacial score (nSPS) is 19.9. The lowest BCUT2D eigenvalue weighted by Gasteiger charge is -2.02. The van der Waals surface area contributed by atoms with Crippen molar-refractivity contribution in [1.29, 1.82) is 5.26 Å². The second-order valence-corrected chi connectivity index (χ2v) is 7.59. The first-order valence-electron chi connectivity index (χ1n) is 2.49. The summed E-state index contributed by atoms with van der Waals surface area (Å²) < 4.78 is 5.18. The number of nitrogens with zero attached hydrogens (tertiary/aromatic N) is 1. The van der Waals surface area contributed by atoms with Gasteiger partial charge in [-0.05, 0) is 0 Å². The van der Waals surface area contributed by atoms with E-state index in [0.29, 0.717) is 0 Å². The molecule has 1 aliphatic rings. The zero-order valence-electron chi connectivity index (χ0n) is 4.74. The Bertz CT molecular complexity index is 120. The minimum atomic E-state index is -0.340. The molecule has 1 fully saturated rings. The molecule has 0 aromatic heterocycles. The lowest BCUT2D eigenvalue weighted by atomic mass is 10.9. The van der Waals surface area contributed by atoms with Gasteiger partial charge in [-0.3, -0.25) is 0 Å². The van der Waals surface area contributed by atoms with Crippen LogP contribution in [0.15, 0.2) is 0 Å². The molecular weight excluding hydrogens is 173 g/mol. The van der Waals surface area contributed by atoms with Gasteiger partial charge in [0.2, 0.25) is 0 Å². The van der Waals surface area contributed by atoms with Crippen LogP contribution in [0.2, 0.25) is 0 Å². The Balaban J connectivity index is 2.06. The van der Waals surface area contributed by atoms with Gasteiger partial charge < -0.3 is 4.52 Å². The molecule has 5 heteroatoms. The number of rotatable bonds is 2. The van der Waals surface area contributed by atoms with Crippen molar-refractivity contribution in [2.45, 2.75) is 0 Å². The van der Waals surface area contributed by atoms with E-state index >= 15 is 0 Å². The van der Waals surface area contributed by atoms with Gasteiger partial charge in [0.1, 0.15) is 6.61 Å². The first kappa shape index (κ1) is 7.68. The van der Waals surface area contributed by atoms with E-state index in [1.165, 1.54) is 11.5 Å². The summed E-state index contributed by atoms with van der Waals surface area (Å²) in [4.78, 5) is 0. The third kappa shape index (κ3) is 2.77. The van der Waals surface area contributed by atoms with Crippen LogP contribution in [0.5, 0.6) is 0 Å². The molecule has 1 heterocycles. The first-order valence-corrected chi connectivity index (χ1v) is 6.93. The average Bonchev–Trinajstić information content (AvgIpc) is 2.34. The first-order chi connectivity index (χ1) is 4.43. The van der Waals surface area contributed by atoms with Crippen molar-refractivity contribution < 1.29 is 4.52 Å². The van der Waals surface area contributed by atoms with Crippen molar-refractivity contribution in [1.82, 2.24) is 0 Å². The molecule has 0 aromatic carbocycles. The molecule has 2 nitrogen and oxygen atoms in total. The molecule has 0 radical (unpaired) electrons. The minimum absolute atomic E-state index is 0.256. The fraction of sp³-hybridized carbons (Fsp3) is 0.750. The van der Waals surface area contributed by atoms with Gasteiger partial charge in [-0.2, -0.15) is 5.26 Å². The van der Waals surface area contributed by atoms with E-state index in [2.05, 4.69) is 0 Å². The Morgan fingerprint density at radius 1 is 1.56 bits per heavy atom. The predicted octanol–water partition coefficient (Wildman–Crippen LogP) is 2.23. The molecule has 0 amide bonds. The fourth-order valence-corrected chi connectivity index (χ4v) is 6.93. The molecule has 0 N–H and O–H groups in total. The number of hydrogen-bond donors (Lipinski definition) is 0. The largest absolute Gasteiger partial charge is 0.324 e. The second kappa shape index (κ2) is 4.40. The van der Waals surface area contributed by atoms with Gasteiger partial charge in [0, 0.05) is 11.5 Å². The van der Waals surface area contributed by atoms with Crippen molar-refractivity contribution in [3.63, 3.8) is 0 Å². The van der Waals surface area contributed by atoms with Crippen LogP contribution in [0.4, 0.5) is 0 Å². The Hall–Kier alpha value is 0.580. The Morgan fingerprint density at radius 2 is 2.22 bits per heavy atom. The van der Waals surface area contributed by atoms with Crippen LogP contribution < -0.4 is 0 Å². The van der Waals surface area contributed by atoms with Gasteiger partial charge in [0.25, 0.3) is 0 Å². The third-order valence-electron chi connectivity index (χ3n) is 0.711. The van der Waals surface area contributed by atoms with Gasteiger partial charge in [-0.25, -0.2) is 0 Å². The Kier molecular flexibility index (Phi) is 3.76. The van der Waals surface area contributed by atoms with Crippen LogP contribution >= 0.6 is 29.3 Å². The standard InChI is InChI=1S/C4H6NOPS2/c5-1-2-6-7-8-3-4-9-7/h2-4H2. The summed E-state index contributed by atoms with van der Waals surface area (Å²) in [6, 6.07) is 1.96. The molecule has 0 aliphatic carbocycles. The van der Waals surface area contributed by atoms with Crippen molar-refractivity contribution in [2.24, 2.45) is 0 Å². The smallest absolute Gasteiger partial charge is 0.152 e. The van der Waals surface area contributed by atoms with Gasteiger partial charge in [0.05, 0.1) is 6.07 Å². The molecule has 9 heavy (non-hydrogen) atoms. The zero-order chi connectivity index (χ0) is 6.53. The topological polar surface area (TPSA) is 33.0 Å². The van der Waals surface area contributed by atoms with E-state index in [9.17, 15) is 0 Å². The molecule has 0 atom stereocenters. The maximum absolute atomic E-state index is 8.14. The molecule has 0 spiro atoms. The molecule has 1 aliphatic heterocycles. The Morgan fingerprint density at radius 3 is 2.78 bits per heavy atom. The van der Waals surface area contributed by atoms with Crippen molar-refractivity contribution in [3.8, 4) is 6.07 Å². The van der Waals surface area contributed by atoms with E-state index in [0.717, 1.165) is 0 Å². The molecule has 0 bridgehead atoms. The Labute approximate surface area is 63.7 Å². The fourth-order valence-electron chi connectivity index (χ4n) is 0.417. The monoisotopic (exact) mass is 179 g/mol. The van der Waals surface area contributed by atoms with Crippen molar-refractivity contribution in [2.75, 3.05) is 18.1 Å². The molecule has 0 unspecified atom stereocenters. The zero-order valence-corrected chi connectivity index (χ0v) is 7.27. The SMILES string of the molecule is N#CCOP1SCCS1.